The summed E-state index contributed by atoms with van der Waals surface area (Å²) in [6.45, 7) is 3.35. The third-order valence-corrected chi connectivity index (χ3v) is 6.71. The zero-order chi connectivity index (χ0) is 32.3. The van der Waals surface area contributed by atoms with E-state index in [4.69, 9.17) is 31.2 Å². The number of nitro benzene ring substituents is 1. The van der Waals surface area contributed by atoms with Crippen molar-refractivity contribution in [1.29, 1.82) is 0 Å². The molecule has 0 aromatic heterocycles. The monoisotopic (exact) mass is 633 g/mol. The summed E-state index contributed by atoms with van der Waals surface area (Å²) in [7, 11) is 1.41. The van der Waals surface area contributed by atoms with Crippen LogP contribution in [0.15, 0.2) is 83.1 Å². The first-order valence-electron chi connectivity index (χ1n) is 13.7. The van der Waals surface area contributed by atoms with E-state index in [-0.39, 0.29) is 36.0 Å². The summed E-state index contributed by atoms with van der Waals surface area (Å²) in [5, 5.41) is 22.0. The number of methoxy groups -OCH3 is 1. The number of benzene rings is 3. The molecule has 1 heterocycles. The highest BCUT2D eigenvalue weighted by Gasteiger charge is 2.32. The van der Waals surface area contributed by atoms with E-state index in [9.17, 15) is 19.7 Å². The first-order chi connectivity index (χ1) is 21.7. The van der Waals surface area contributed by atoms with Crippen molar-refractivity contribution in [3.05, 3.63) is 105 Å². The van der Waals surface area contributed by atoms with Crippen LogP contribution in [0.1, 0.15) is 36.6 Å². The molecular weight excluding hydrogens is 602 g/mol. The maximum Gasteiger partial charge on any atom is 0.338 e. The average molecular weight is 634 g/mol. The van der Waals surface area contributed by atoms with Gasteiger partial charge in [-0.3, -0.25) is 14.9 Å². The normalized spacial score (nSPS) is 14.3. The minimum absolute atomic E-state index is 0.0806. The van der Waals surface area contributed by atoms with Crippen molar-refractivity contribution in [3.8, 4) is 17.2 Å². The van der Waals surface area contributed by atoms with Gasteiger partial charge in [0.1, 0.15) is 12.4 Å². The third-order valence-electron chi connectivity index (χ3n) is 6.49. The van der Waals surface area contributed by atoms with Gasteiger partial charge in [-0.25, -0.2) is 10.2 Å². The van der Waals surface area contributed by atoms with E-state index in [0.29, 0.717) is 27.7 Å². The second-order valence-corrected chi connectivity index (χ2v) is 9.91. The van der Waals surface area contributed by atoms with Crippen LogP contribution in [0.2, 0.25) is 0 Å². The number of carbonyl (C=O) groups excluding carboxylic acids is 2. The molecule has 1 aliphatic rings. The number of carbonyl (C=O) groups is 2. The number of hydrogen-bond donors (Lipinski definition) is 3. The Kier molecular flexibility index (Phi) is 11.0. The van der Waals surface area contributed by atoms with E-state index in [1.54, 1.807) is 38.1 Å². The Balaban J connectivity index is 1.45. The standard InChI is InChI=1S/C31H31N5O8S/c1-4-42-30(38)28-19(2)33-31(45)34-29(28)22-12-8-9-13-24(22)44-18-27(37)35-32-16-21-14-25(41-3)26(15-23(21)36(39)40)43-17-20-10-6-5-7-11-20/h5-16,29H,4,17-18H2,1-3H3,(H,35,37)(H2,33,34,45)/t29-/m1/s1. The first-order valence-corrected chi connectivity index (χ1v) is 14.1. The number of nitrogens with zero attached hydrogens (tertiary/aromatic N) is 2. The minimum Gasteiger partial charge on any atom is -0.493 e. The molecule has 1 aliphatic heterocycles. The number of allylic oxidation sites excluding steroid dienone is 1. The Morgan fingerprint density at radius 1 is 1.07 bits per heavy atom. The molecule has 234 valence electrons. The highest BCUT2D eigenvalue weighted by molar-refractivity contribution is 7.80. The third kappa shape index (κ3) is 8.32. The highest BCUT2D eigenvalue weighted by Crippen LogP contribution is 2.35. The number of nitrogens with one attached hydrogen (secondary N) is 3. The number of amides is 1. The Morgan fingerprint density at radius 3 is 2.51 bits per heavy atom. The Labute approximate surface area is 264 Å². The van der Waals surface area contributed by atoms with Gasteiger partial charge in [0.05, 0.1) is 48.1 Å². The topological polar surface area (TPSA) is 163 Å². The van der Waals surface area contributed by atoms with Gasteiger partial charge in [-0.2, -0.15) is 5.10 Å². The molecule has 1 atom stereocenters. The number of thiocarbonyl (C=S) groups is 1. The van der Waals surface area contributed by atoms with Crippen molar-refractivity contribution in [3.63, 3.8) is 0 Å². The van der Waals surface area contributed by atoms with Crippen molar-refractivity contribution < 1.29 is 33.5 Å². The number of hydrogen-bond acceptors (Lipinski definition) is 10. The van der Waals surface area contributed by atoms with Crippen molar-refractivity contribution in [2.24, 2.45) is 5.10 Å². The van der Waals surface area contributed by atoms with Gasteiger partial charge in [-0.1, -0.05) is 48.5 Å². The molecule has 0 aliphatic carbocycles. The second kappa shape index (κ2) is 15.3. The molecule has 0 unspecified atom stereocenters. The van der Waals surface area contributed by atoms with Gasteiger partial charge in [0.2, 0.25) is 0 Å². The van der Waals surface area contributed by atoms with Gasteiger partial charge in [-0.15, -0.1) is 0 Å². The van der Waals surface area contributed by atoms with E-state index in [1.807, 2.05) is 30.3 Å². The molecule has 3 aromatic carbocycles. The second-order valence-electron chi connectivity index (χ2n) is 9.50. The van der Waals surface area contributed by atoms with Gasteiger partial charge < -0.3 is 29.6 Å². The largest absolute Gasteiger partial charge is 0.493 e. The van der Waals surface area contributed by atoms with E-state index < -0.39 is 29.4 Å². The molecule has 0 saturated carbocycles. The zero-order valence-corrected chi connectivity index (χ0v) is 25.5. The molecule has 0 fully saturated rings. The molecule has 0 bridgehead atoms. The lowest BCUT2D eigenvalue weighted by Crippen LogP contribution is -2.45. The van der Waals surface area contributed by atoms with Gasteiger partial charge >= 0.3 is 5.97 Å². The molecule has 3 aromatic rings. The molecule has 0 spiro atoms. The summed E-state index contributed by atoms with van der Waals surface area (Å²) in [5.74, 6) is -0.404. The Morgan fingerprint density at radius 2 is 1.80 bits per heavy atom. The number of ether oxygens (including phenoxy) is 4. The number of nitro groups is 1. The molecule has 3 N–H and O–H groups in total. The quantitative estimate of drug-likeness (QED) is 0.0818. The van der Waals surface area contributed by atoms with E-state index >= 15 is 0 Å². The van der Waals surface area contributed by atoms with Crippen molar-refractivity contribution in [2.75, 3.05) is 20.3 Å². The lowest BCUT2D eigenvalue weighted by atomic mass is 9.95. The van der Waals surface area contributed by atoms with Gasteiger partial charge in [0, 0.05) is 11.3 Å². The van der Waals surface area contributed by atoms with Crippen molar-refractivity contribution in [1.82, 2.24) is 16.1 Å². The number of para-hydroxylation sites is 1. The zero-order valence-electron chi connectivity index (χ0n) is 24.7. The van der Waals surface area contributed by atoms with Crippen LogP contribution in [0.3, 0.4) is 0 Å². The fourth-order valence-corrected chi connectivity index (χ4v) is 4.71. The van der Waals surface area contributed by atoms with Crippen LogP contribution in [-0.4, -0.2) is 48.5 Å². The molecule has 0 radical (unpaired) electrons. The van der Waals surface area contributed by atoms with Crippen LogP contribution in [0, 0.1) is 10.1 Å². The van der Waals surface area contributed by atoms with Crippen LogP contribution in [0.4, 0.5) is 5.69 Å². The maximum atomic E-state index is 12.7. The van der Waals surface area contributed by atoms with Gasteiger partial charge in [0.15, 0.2) is 23.2 Å². The first kappa shape index (κ1) is 32.4. The molecule has 45 heavy (non-hydrogen) atoms. The summed E-state index contributed by atoms with van der Waals surface area (Å²) in [6, 6.07) is 18.1. The van der Waals surface area contributed by atoms with Gasteiger partial charge in [0.25, 0.3) is 11.6 Å². The van der Waals surface area contributed by atoms with Crippen molar-refractivity contribution in [2.45, 2.75) is 26.5 Å². The predicted molar refractivity (Wildman–Crippen MR) is 169 cm³/mol. The summed E-state index contributed by atoms with van der Waals surface area (Å²) in [4.78, 5) is 36.6. The van der Waals surface area contributed by atoms with E-state index in [2.05, 4.69) is 21.2 Å². The summed E-state index contributed by atoms with van der Waals surface area (Å²) in [6.07, 6.45) is 1.13. The summed E-state index contributed by atoms with van der Waals surface area (Å²) < 4.78 is 22.2. The molecule has 0 saturated heterocycles. The fourth-order valence-electron chi connectivity index (χ4n) is 4.44. The predicted octanol–water partition coefficient (Wildman–Crippen LogP) is 4.07. The Hall–Kier alpha value is -5.50. The SMILES string of the molecule is CCOC(=O)C1=C(C)NC(=S)N[C@@H]1c1ccccc1OCC(=O)NN=Cc1cc(OC)c(OCc2ccccc2)cc1[N+](=O)[O-]. The average Bonchev–Trinajstić information content (AvgIpc) is 3.03. The maximum absolute atomic E-state index is 12.7. The fraction of sp³-hybridized carbons (Fsp3) is 0.226. The van der Waals surface area contributed by atoms with Crippen LogP contribution in [0.5, 0.6) is 17.2 Å². The lowest BCUT2D eigenvalue weighted by molar-refractivity contribution is -0.385. The summed E-state index contributed by atoms with van der Waals surface area (Å²) in [5.41, 5.74) is 4.37. The van der Waals surface area contributed by atoms with Gasteiger partial charge in [-0.05, 0) is 43.8 Å². The molecule has 4 rings (SSSR count). The minimum atomic E-state index is -0.690. The molecule has 1 amide bonds. The van der Waals surface area contributed by atoms with E-state index in [0.717, 1.165) is 11.8 Å². The number of esters is 1. The highest BCUT2D eigenvalue weighted by atomic mass is 32.1. The van der Waals surface area contributed by atoms with Crippen LogP contribution in [0.25, 0.3) is 0 Å². The van der Waals surface area contributed by atoms with Crippen molar-refractivity contribution >= 4 is 41.1 Å². The summed E-state index contributed by atoms with van der Waals surface area (Å²) >= 11 is 5.30. The van der Waals surface area contributed by atoms with E-state index in [1.165, 1.54) is 19.2 Å². The Bertz CT molecular complexity index is 1640. The smallest absolute Gasteiger partial charge is 0.338 e. The number of hydrazone groups is 1. The number of rotatable bonds is 13. The molecule has 13 nitrogen and oxygen atoms in total. The van der Waals surface area contributed by atoms with Crippen LogP contribution < -0.4 is 30.3 Å². The van der Waals surface area contributed by atoms with Crippen LogP contribution in [-0.2, 0) is 20.9 Å². The molecular formula is C31H31N5O8S. The molecule has 14 heteroatoms. The lowest BCUT2D eigenvalue weighted by Gasteiger charge is -2.30. The van der Waals surface area contributed by atoms with Crippen LogP contribution >= 0.6 is 12.2 Å².